The predicted octanol–water partition coefficient (Wildman–Crippen LogP) is 3.94. The summed E-state index contributed by atoms with van der Waals surface area (Å²) >= 11 is 0. The van der Waals surface area contributed by atoms with Crippen molar-refractivity contribution in [1.82, 2.24) is 0 Å². The number of methoxy groups -OCH3 is 2. The molecule has 0 heterocycles. The van der Waals surface area contributed by atoms with Crippen LogP contribution >= 0.6 is 0 Å². The number of nitrogens with one attached hydrogen (secondary N) is 1. The average molecular weight is 536 g/mol. The lowest BCUT2D eigenvalue weighted by Crippen LogP contribution is -2.26. The molecule has 1 aromatic carbocycles. The minimum absolute atomic E-state index is 0. The predicted molar refractivity (Wildman–Crippen MR) is 132 cm³/mol. The Hall–Kier alpha value is -2.57. The van der Waals surface area contributed by atoms with Crippen LogP contribution in [0.1, 0.15) is 65.2 Å². The highest BCUT2D eigenvalue weighted by Gasteiger charge is 2.20. The Morgan fingerprint density at radius 2 is 1.64 bits per heavy atom. The molecule has 0 aliphatic heterocycles. The first-order valence-electron chi connectivity index (χ1n) is 11.6. The van der Waals surface area contributed by atoms with Crippen molar-refractivity contribution in [2.75, 3.05) is 26.1 Å². The molecule has 0 spiro atoms. The van der Waals surface area contributed by atoms with E-state index in [2.05, 4.69) is 5.32 Å². The number of hydrogen-bond donors (Lipinski definition) is 2. The number of rotatable bonds is 17. The molecule has 0 aromatic heterocycles. The zero-order valence-electron chi connectivity index (χ0n) is 21.3. The Morgan fingerprint density at radius 3 is 2.19 bits per heavy atom. The lowest BCUT2D eigenvalue weighted by Gasteiger charge is -2.16. The van der Waals surface area contributed by atoms with Gasteiger partial charge in [0.05, 0.1) is 18.7 Å². The van der Waals surface area contributed by atoms with Crippen molar-refractivity contribution in [1.29, 1.82) is 0 Å². The molecule has 1 aromatic rings. The number of carbonyl (C=O) groups is 3. The van der Waals surface area contributed by atoms with Gasteiger partial charge >= 0.3 is 5.97 Å². The van der Waals surface area contributed by atoms with Crippen LogP contribution in [0.4, 0.5) is 10.4 Å². The highest BCUT2D eigenvalue weighted by atomic mass is 32.2. The molecule has 0 saturated carbocycles. The number of halogens is 1. The number of anilines is 1. The summed E-state index contributed by atoms with van der Waals surface area (Å²) in [5, 5.41) is 2.52. The Kier molecular flexibility index (Phi) is 15.8. The fraction of sp³-hybridized carbons (Fsp3) is 0.625. The lowest BCUT2D eigenvalue weighted by molar-refractivity contribution is -0.156. The molecule has 206 valence electrons. The van der Waals surface area contributed by atoms with Gasteiger partial charge in [0.2, 0.25) is 5.91 Å². The summed E-state index contributed by atoms with van der Waals surface area (Å²) in [6.45, 7) is 3.14. The highest BCUT2D eigenvalue weighted by molar-refractivity contribution is 7.86. The fourth-order valence-corrected chi connectivity index (χ4v) is 4.00. The minimum Gasteiger partial charge on any atom is -0.497 e. The standard InChI is InChI=1S/C24H37NO9S.FH/c1-17(26)19(16-34-24(28)18(2)32-3)11-9-7-5-6-8-10-12-23(27)25-21-14-13-20(33-4)15-22(21)35(29,30)31;/h13-15,18-19H,5-12,16H2,1-4H3,(H,25,27)(H,29,30,31);1H. The summed E-state index contributed by atoms with van der Waals surface area (Å²) in [5.41, 5.74) is 0.000632. The Bertz CT molecular complexity index is 953. The smallest absolute Gasteiger partial charge is 0.334 e. The van der Waals surface area contributed by atoms with Gasteiger partial charge in [-0.05, 0) is 38.8 Å². The molecule has 10 nitrogen and oxygen atoms in total. The van der Waals surface area contributed by atoms with Crippen molar-refractivity contribution in [3.8, 4) is 5.75 Å². The van der Waals surface area contributed by atoms with E-state index in [4.69, 9.17) is 14.2 Å². The molecule has 0 saturated heterocycles. The first kappa shape index (κ1) is 33.4. The number of benzene rings is 1. The second kappa shape index (κ2) is 17.0. The summed E-state index contributed by atoms with van der Waals surface area (Å²) in [7, 11) is -1.74. The number of esters is 1. The Balaban J connectivity index is 0.0000122. The zero-order chi connectivity index (χ0) is 26.4. The van der Waals surface area contributed by atoms with Crippen LogP contribution in [0, 0.1) is 5.92 Å². The third-order valence-corrected chi connectivity index (χ3v) is 6.53. The van der Waals surface area contributed by atoms with Crippen molar-refractivity contribution in [2.24, 2.45) is 5.92 Å². The maximum absolute atomic E-state index is 12.2. The van der Waals surface area contributed by atoms with Gasteiger partial charge in [-0.15, -0.1) is 0 Å². The number of unbranched alkanes of at least 4 members (excludes halogenated alkanes) is 5. The number of ketones is 1. The molecule has 36 heavy (non-hydrogen) atoms. The quantitative estimate of drug-likeness (QED) is 0.172. The molecule has 2 atom stereocenters. The third kappa shape index (κ3) is 12.4. The molecule has 12 heteroatoms. The topological polar surface area (TPSA) is 145 Å². The molecule has 1 amide bonds. The Morgan fingerprint density at radius 1 is 1.03 bits per heavy atom. The SMILES string of the molecule is COc1ccc(NC(=O)CCCCCCCCC(COC(=O)C(C)OC)C(C)=O)c(S(=O)(=O)O)c1.F. The van der Waals surface area contributed by atoms with Crippen LogP contribution in [-0.2, 0) is 34.0 Å². The van der Waals surface area contributed by atoms with E-state index in [1.807, 2.05) is 0 Å². The van der Waals surface area contributed by atoms with Gasteiger partial charge < -0.3 is 19.5 Å². The summed E-state index contributed by atoms with van der Waals surface area (Å²) < 4.78 is 47.6. The maximum atomic E-state index is 12.2. The minimum atomic E-state index is -4.52. The van der Waals surface area contributed by atoms with Gasteiger partial charge in [-0.2, -0.15) is 8.42 Å². The molecule has 0 fully saturated rings. The molecule has 0 radical (unpaired) electrons. The number of Topliss-reactive ketones (excluding diaryl/α,β-unsaturated/α-hetero) is 1. The van der Waals surface area contributed by atoms with Crippen LogP contribution < -0.4 is 10.1 Å². The van der Waals surface area contributed by atoms with E-state index in [9.17, 15) is 27.4 Å². The van der Waals surface area contributed by atoms with Gasteiger partial charge in [0.25, 0.3) is 10.1 Å². The molecule has 2 N–H and O–H groups in total. The summed E-state index contributed by atoms with van der Waals surface area (Å²) in [5.74, 6) is -0.919. The van der Waals surface area contributed by atoms with Crippen molar-refractivity contribution in [3.05, 3.63) is 18.2 Å². The molecule has 0 aliphatic carbocycles. The number of carbonyl (C=O) groups excluding carboxylic acids is 3. The maximum Gasteiger partial charge on any atom is 0.334 e. The second-order valence-electron chi connectivity index (χ2n) is 8.36. The van der Waals surface area contributed by atoms with Crippen LogP contribution in [0.3, 0.4) is 0 Å². The van der Waals surface area contributed by atoms with Gasteiger partial charge in [-0.1, -0.05) is 32.1 Å². The molecule has 0 bridgehead atoms. The van der Waals surface area contributed by atoms with Gasteiger partial charge in [0.15, 0.2) is 6.10 Å². The number of ether oxygens (including phenoxy) is 3. The normalized spacial score (nSPS) is 12.7. The van der Waals surface area contributed by atoms with E-state index in [1.54, 1.807) is 6.92 Å². The van der Waals surface area contributed by atoms with E-state index in [1.165, 1.54) is 33.3 Å². The first-order valence-corrected chi connectivity index (χ1v) is 13.1. The van der Waals surface area contributed by atoms with Crippen LogP contribution in [0.25, 0.3) is 0 Å². The van der Waals surface area contributed by atoms with E-state index in [0.29, 0.717) is 12.8 Å². The van der Waals surface area contributed by atoms with Gasteiger partial charge in [-0.3, -0.25) is 18.8 Å². The molecule has 0 aliphatic rings. The van der Waals surface area contributed by atoms with E-state index >= 15 is 0 Å². The van der Waals surface area contributed by atoms with Crippen molar-refractivity contribution >= 4 is 33.5 Å². The van der Waals surface area contributed by atoms with Crippen LogP contribution in [0.15, 0.2) is 23.1 Å². The lowest BCUT2D eigenvalue weighted by atomic mass is 9.97. The largest absolute Gasteiger partial charge is 0.497 e. The molecular weight excluding hydrogens is 497 g/mol. The molecular formula is C24H38FNO9S. The van der Waals surface area contributed by atoms with Gasteiger partial charge in [0.1, 0.15) is 23.0 Å². The van der Waals surface area contributed by atoms with E-state index < -0.39 is 27.1 Å². The third-order valence-electron chi connectivity index (χ3n) is 5.63. The van der Waals surface area contributed by atoms with Gasteiger partial charge in [0, 0.05) is 19.6 Å². The van der Waals surface area contributed by atoms with Crippen molar-refractivity contribution in [3.63, 3.8) is 0 Å². The summed E-state index contributed by atoms with van der Waals surface area (Å²) in [4.78, 5) is 35.3. The van der Waals surface area contributed by atoms with Crippen LogP contribution in [-0.4, -0.2) is 57.6 Å². The van der Waals surface area contributed by atoms with E-state index in [0.717, 1.165) is 38.2 Å². The summed E-state index contributed by atoms with van der Waals surface area (Å²) in [6.07, 6.45) is 5.26. The Labute approximate surface area is 212 Å². The fourth-order valence-electron chi connectivity index (χ4n) is 3.34. The molecule has 1 rings (SSSR count). The zero-order valence-corrected chi connectivity index (χ0v) is 22.1. The first-order chi connectivity index (χ1) is 16.5. The van der Waals surface area contributed by atoms with Crippen LogP contribution in [0.2, 0.25) is 0 Å². The second-order valence-corrected chi connectivity index (χ2v) is 9.75. The summed E-state index contributed by atoms with van der Waals surface area (Å²) in [6, 6.07) is 4.00. The van der Waals surface area contributed by atoms with Gasteiger partial charge in [-0.25, -0.2) is 4.79 Å². The van der Waals surface area contributed by atoms with E-state index in [-0.39, 0.29) is 46.8 Å². The monoisotopic (exact) mass is 535 g/mol. The average Bonchev–Trinajstić information content (AvgIpc) is 2.81. The van der Waals surface area contributed by atoms with Crippen molar-refractivity contribution in [2.45, 2.75) is 76.2 Å². The molecule has 2 unspecified atom stereocenters. The number of hydrogen-bond acceptors (Lipinski definition) is 8. The van der Waals surface area contributed by atoms with Crippen LogP contribution in [0.5, 0.6) is 5.75 Å². The number of amides is 1. The van der Waals surface area contributed by atoms with Crippen molar-refractivity contribution < 1.29 is 46.3 Å². The highest BCUT2D eigenvalue weighted by Crippen LogP contribution is 2.26.